The molecule has 21 heavy (non-hydrogen) atoms. The van der Waals surface area contributed by atoms with Crippen molar-refractivity contribution >= 4 is 0 Å². The first-order valence-corrected chi connectivity index (χ1v) is 7.79. The van der Waals surface area contributed by atoms with Crippen molar-refractivity contribution in [3.05, 3.63) is 29.6 Å². The topological polar surface area (TPSA) is 29.5 Å². The van der Waals surface area contributed by atoms with Crippen LogP contribution < -0.4 is 4.74 Å². The van der Waals surface area contributed by atoms with Gasteiger partial charge in [0.15, 0.2) is 0 Å². The molecule has 0 atom stereocenters. The van der Waals surface area contributed by atoms with Gasteiger partial charge in [0.2, 0.25) is 0 Å². The quantitative estimate of drug-likeness (QED) is 0.543. The Morgan fingerprint density at radius 2 is 1.86 bits per heavy atom. The summed E-state index contributed by atoms with van der Waals surface area (Å²) in [5.74, 6) is 5.78. The molecule has 0 amide bonds. The molecule has 3 heteroatoms. The van der Waals surface area contributed by atoms with Gasteiger partial charge in [0, 0.05) is 18.1 Å². The molecular formula is C18H25FO2. The van der Waals surface area contributed by atoms with E-state index in [0.29, 0.717) is 24.3 Å². The van der Waals surface area contributed by atoms with Gasteiger partial charge < -0.3 is 9.84 Å². The molecule has 1 rings (SSSR count). The number of unbranched alkanes of at least 4 members (excludes halogenated alkanes) is 5. The number of aliphatic hydroxyl groups excluding tert-OH is 1. The van der Waals surface area contributed by atoms with Crippen LogP contribution in [-0.4, -0.2) is 18.3 Å². The molecule has 0 saturated carbocycles. The predicted octanol–water partition coefficient (Wildman–Crippen LogP) is 4.30. The molecule has 0 aliphatic heterocycles. The molecule has 0 unspecified atom stereocenters. The van der Waals surface area contributed by atoms with E-state index in [0.717, 1.165) is 12.8 Å². The van der Waals surface area contributed by atoms with Crippen molar-refractivity contribution in [2.45, 2.75) is 51.9 Å². The van der Waals surface area contributed by atoms with Crippen molar-refractivity contribution in [1.82, 2.24) is 0 Å². The average Bonchev–Trinajstić information content (AvgIpc) is 2.46. The number of hydrogen-bond acceptors (Lipinski definition) is 2. The molecule has 0 saturated heterocycles. The number of benzene rings is 1. The monoisotopic (exact) mass is 292 g/mol. The lowest BCUT2D eigenvalue weighted by atomic mass is 10.1. The SMILES string of the molecule is CCCCCCCCOc1cc(F)cc(C#CCCO)c1. The highest BCUT2D eigenvalue weighted by Gasteiger charge is 2.00. The molecule has 116 valence electrons. The minimum absolute atomic E-state index is 0.0176. The Labute approximate surface area is 127 Å². The van der Waals surface area contributed by atoms with E-state index in [1.165, 1.54) is 37.8 Å². The Bertz CT molecular complexity index is 460. The summed E-state index contributed by atoms with van der Waals surface area (Å²) in [6.45, 7) is 2.83. The van der Waals surface area contributed by atoms with Gasteiger partial charge in [-0.05, 0) is 18.6 Å². The maximum absolute atomic E-state index is 13.5. The molecule has 0 aliphatic carbocycles. The normalized spacial score (nSPS) is 10.0. The second kappa shape index (κ2) is 11.2. The van der Waals surface area contributed by atoms with Crippen LogP contribution >= 0.6 is 0 Å². The fourth-order valence-corrected chi connectivity index (χ4v) is 2.01. The predicted molar refractivity (Wildman–Crippen MR) is 83.9 cm³/mol. The Kier molecular flexibility index (Phi) is 9.32. The number of rotatable bonds is 9. The van der Waals surface area contributed by atoms with E-state index in [4.69, 9.17) is 9.84 Å². The van der Waals surface area contributed by atoms with Crippen LogP contribution in [0.2, 0.25) is 0 Å². The summed E-state index contributed by atoms with van der Waals surface area (Å²) in [7, 11) is 0. The number of aliphatic hydroxyl groups is 1. The first-order chi connectivity index (χ1) is 10.3. The zero-order valence-corrected chi connectivity index (χ0v) is 12.8. The fraction of sp³-hybridized carbons (Fsp3) is 0.556. The Balaban J connectivity index is 2.36. The third-order valence-electron chi connectivity index (χ3n) is 3.11. The van der Waals surface area contributed by atoms with E-state index in [9.17, 15) is 4.39 Å². The van der Waals surface area contributed by atoms with Crippen molar-refractivity contribution in [2.75, 3.05) is 13.2 Å². The highest BCUT2D eigenvalue weighted by atomic mass is 19.1. The van der Waals surface area contributed by atoms with Crippen LogP contribution in [0.15, 0.2) is 18.2 Å². The lowest BCUT2D eigenvalue weighted by molar-refractivity contribution is 0.303. The lowest BCUT2D eigenvalue weighted by Crippen LogP contribution is -1.98. The molecule has 2 nitrogen and oxygen atoms in total. The van der Waals surface area contributed by atoms with E-state index < -0.39 is 0 Å². The smallest absolute Gasteiger partial charge is 0.128 e. The van der Waals surface area contributed by atoms with Crippen LogP contribution in [0.5, 0.6) is 5.75 Å². The van der Waals surface area contributed by atoms with E-state index in [1.807, 2.05) is 0 Å². The molecule has 1 aromatic rings. The Morgan fingerprint density at radius 3 is 2.62 bits per heavy atom. The summed E-state index contributed by atoms with van der Waals surface area (Å²) in [5.41, 5.74) is 0.585. The van der Waals surface area contributed by atoms with Gasteiger partial charge in [-0.25, -0.2) is 4.39 Å². The summed E-state index contributed by atoms with van der Waals surface area (Å²) < 4.78 is 19.0. The molecule has 1 aromatic carbocycles. The van der Waals surface area contributed by atoms with Gasteiger partial charge in [-0.15, -0.1) is 0 Å². The molecule has 0 fully saturated rings. The highest BCUT2D eigenvalue weighted by molar-refractivity contribution is 5.40. The number of ether oxygens (including phenoxy) is 1. The van der Waals surface area contributed by atoms with E-state index in [2.05, 4.69) is 18.8 Å². The van der Waals surface area contributed by atoms with Gasteiger partial charge in [-0.1, -0.05) is 50.9 Å². The molecule has 0 radical (unpaired) electrons. The fourth-order valence-electron chi connectivity index (χ4n) is 2.01. The molecule has 0 aromatic heterocycles. The second-order valence-corrected chi connectivity index (χ2v) is 5.07. The third kappa shape index (κ3) is 8.37. The standard InChI is InChI=1S/C18H25FO2/c1-2-3-4-5-6-9-12-21-18-14-16(10-7-8-11-20)13-17(19)15-18/h13-15,20H,2-6,8-9,11-12H2,1H3. The molecule has 0 spiro atoms. The zero-order valence-electron chi connectivity index (χ0n) is 12.8. The van der Waals surface area contributed by atoms with Gasteiger partial charge in [0.1, 0.15) is 11.6 Å². The van der Waals surface area contributed by atoms with Gasteiger partial charge in [-0.2, -0.15) is 0 Å². The highest BCUT2D eigenvalue weighted by Crippen LogP contribution is 2.16. The molecule has 0 bridgehead atoms. The third-order valence-corrected chi connectivity index (χ3v) is 3.11. The van der Waals surface area contributed by atoms with Gasteiger partial charge >= 0.3 is 0 Å². The summed E-state index contributed by atoms with van der Waals surface area (Å²) >= 11 is 0. The van der Waals surface area contributed by atoms with Gasteiger partial charge in [0.25, 0.3) is 0 Å². The van der Waals surface area contributed by atoms with E-state index >= 15 is 0 Å². The van der Waals surface area contributed by atoms with Crippen molar-refractivity contribution in [1.29, 1.82) is 0 Å². The zero-order chi connectivity index (χ0) is 15.3. The molecule has 1 N–H and O–H groups in total. The van der Waals surface area contributed by atoms with Crippen molar-refractivity contribution in [3.63, 3.8) is 0 Å². The summed E-state index contributed by atoms with van der Waals surface area (Å²) in [6, 6.07) is 4.50. The summed E-state index contributed by atoms with van der Waals surface area (Å²) in [4.78, 5) is 0. The van der Waals surface area contributed by atoms with E-state index in [1.54, 1.807) is 6.07 Å². The van der Waals surface area contributed by atoms with Crippen LogP contribution in [0.1, 0.15) is 57.4 Å². The van der Waals surface area contributed by atoms with Crippen LogP contribution in [0, 0.1) is 17.7 Å². The average molecular weight is 292 g/mol. The summed E-state index contributed by atoms with van der Waals surface area (Å²) in [5, 5.41) is 8.67. The van der Waals surface area contributed by atoms with E-state index in [-0.39, 0.29) is 12.4 Å². The maximum atomic E-state index is 13.5. The largest absolute Gasteiger partial charge is 0.493 e. The second-order valence-electron chi connectivity index (χ2n) is 5.07. The molecular weight excluding hydrogens is 267 g/mol. The molecule has 0 heterocycles. The van der Waals surface area contributed by atoms with Crippen LogP contribution in [0.3, 0.4) is 0 Å². The van der Waals surface area contributed by atoms with Crippen LogP contribution in [0.25, 0.3) is 0 Å². The molecule has 0 aliphatic rings. The van der Waals surface area contributed by atoms with Gasteiger partial charge in [0.05, 0.1) is 13.2 Å². The minimum Gasteiger partial charge on any atom is -0.493 e. The number of halogens is 1. The van der Waals surface area contributed by atoms with Crippen LogP contribution in [-0.2, 0) is 0 Å². The maximum Gasteiger partial charge on any atom is 0.128 e. The van der Waals surface area contributed by atoms with Crippen molar-refractivity contribution < 1.29 is 14.2 Å². The lowest BCUT2D eigenvalue weighted by Gasteiger charge is -2.07. The Morgan fingerprint density at radius 1 is 1.10 bits per heavy atom. The van der Waals surface area contributed by atoms with Crippen molar-refractivity contribution in [3.8, 4) is 17.6 Å². The Hall–Kier alpha value is -1.53. The number of hydrogen-bond donors (Lipinski definition) is 1. The first-order valence-electron chi connectivity index (χ1n) is 7.79. The van der Waals surface area contributed by atoms with Gasteiger partial charge in [-0.3, -0.25) is 0 Å². The first kappa shape index (κ1) is 17.5. The summed E-state index contributed by atoms with van der Waals surface area (Å²) in [6.07, 6.45) is 7.59. The minimum atomic E-state index is -0.344. The van der Waals surface area contributed by atoms with Crippen molar-refractivity contribution in [2.24, 2.45) is 0 Å². The van der Waals surface area contributed by atoms with Crippen LogP contribution in [0.4, 0.5) is 4.39 Å².